The third kappa shape index (κ3) is 1.72. The number of hydrogen-bond donors (Lipinski definition) is 0. The largest absolute Gasteiger partial charge is 0.378 e. The summed E-state index contributed by atoms with van der Waals surface area (Å²) in [5.41, 5.74) is -0.192. The molecule has 26 heavy (non-hydrogen) atoms. The van der Waals surface area contributed by atoms with Crippen molar-refractivity contribution in [1.82, 2.24) is 14.9 Å². The molecule has 2 atom stereocenters. The summed E-state index contributed by atoms with van der Waals surface area (Å²) in [6.07, 6.45) is 1.50. The highest BCUT2D eigenvalue weighted by Crippen LogP contribution is 2.70. The van der Waals surface area contributed by atoms with Crippen molar-refractivity contribution in [3.63, 3.8) is 0 Å². The molecule has 134 valence electrons. The summed E-state index contributed by atoms with van der Waals surface area (Å²) in [6.45, 7) is 8.51. The fourth-order valence-corrected chi connectivity index (χ4v) is 5.15. The van der Waals surface area contributed by atoms with E-state index in [0.29, 0.717) is 44.1 Å². The third-order valence-electron chi connectivity index (χ3n) is 7.14. The molecule has 3 aliphatic rings. The zero-order valence-electron chi connectivity index (χ0n) is 15.3. The van der Waals surface area contributed by atoms with E-state index in [-0.39, 0.29) is 22.7 Å². The number of carbonyl (C=O) groups excluding carboxylic acids is 1. The van der Waals surface area contributed by atoms with Crippen molar-refractivity contribution in [1.29, 1.82) is 10.5 Å². The lowest BCUT2D eigenvalue weighted by Crippen LogP contribution is -2.55. The highest BCUT2D eigenvalue weighted by Gasteiger charge is 2.73. The molecule has 4 rings (SSSR count). The molecular formula is C19H21N5O2. The summed E-state index contributed by atoms with van der Waals surface area (Å²) in [7, 11) is 0. The highest BCUT2D eigenvalue weighted by molar-refractivity contribution is 5.92. The van der Waals surface area contributed by atoms with Crippen LogP contribution in [0.25, 0.3) is 0 Å². The molecule has 0 aromatic carbocycles. The van der Waals surface area contributed by atoms with Gasteiger partial charge in [-0.25, -0.2) is 9.97 Å². The Bertz CT molecular complexity index is 890. The van der Waals surface area contributed by atoms with Gasteiger partial charge in [0.05, 0.1) is 30.0 Å². The van der Waals surface area contributed by atoms with Crippen molar-refractivity contribution in [3.8, 4) is 12.1 Å². The average molecular weight is 351 g/mol. The first-order chi connectivity index (χ1) is 12.3. The first-order valence-corrected chi connectivity index (χ1v) is 8.94. The van der Waals surface area contributed by atoms with Gasteiger partial charge in [-0.05, 0) is 18.3 Å². The van der Waals surface area contributed by atoms with Crippen molar-refractivity contribution < 1.29 is 9.53 Å². The molecule has 2 fully saturated rings. The van der Waals surface area contributed by atoms with Crippen LogP contribution in [0.15, 0.2) is 0 Å². The molecule has 7 heteroatoms. The van der Waals surface area contributed by atoms with Crippen LogP contribution in [0.3, 0.4) is 0 Å². The SMILES string of the molecule is CC12CCC(C(=O)N3CCOCC3)(c3nc(C#N)c(C#N)nc31)C2(C)C. The van der Waals surface area contributed by atoms with Gasteiger partial charge in [0.25, 0.3) is 0 Å². The van der Waals surface area contributed by atoms with Crippen LogP contribution < -0.4 is 0 Å². The predicted molar refractivity (Wildman–Crippen MR) is 90.9 cm³/mol. The maximum atomic E-state index is 13.7. The van der Waals surface area contributed by atoms with E-state index in [1.807, 2.05) is 17.0 Å². The van der Waals surface area contributed by atoms with E-state index in [1.54, 1.807) is 0 Å². The number of fused-ring (bicyclic) bond motifs is 5. The van der Waals surface area contributed by atoms with Crippen molar-refractivity contribution in [2.75, 3.05) is 26.3 Å². The number of amides is 1. The molecule has 0 spiro atoms. The Labute approximate surface area is 152 Å². The summed E-state index contributed by atoms with van der Waals surface area (Å²) in [4.78, 5) is 24.6. The molecule has 1 aromatic heterocycles. The Morgan fingerprint density at radius 2 is 1.62 bits per heavy atom. The van der Waals surface area contributed by atoms with E-state index >= 15 is 0 Å². The molecule has 2 aliphatic carbocycles. The first-order valence-electron chi connectivity index (χ1n) is 8.94. The van der Waals surface area contributed by atoms with Gasteiger partial charge in [-0.2, -0.15) is 10.5 Å². The van der Waals surface area contributed by atoms with Crippen LogP contribution >= 0.6 is 0 Å². The third-order valence-corrected chi connectivity index (χ3v) is 7.14. The van der Waals surface area contributed by atoms with Gasteiger partial charge < -0.3 is 9.64 Å². The second-order valence-electron chi connectivity index (χ2n) is 8.11. The minimum atomic E-state index is -0.805. The van der Waals surface area contributed by atoms with E-state index in [4.69, 9.17) is 4.74 Å². The van der Waals surface area contributed by atoms with Crippen LogP contribution in [0.4, 0.5) is 0 Å². The van der Waals surface area contributed by atoms with Crippen LogP contribution in [-0.4, -0.2) is 47.1 Å². The molecule has 2 bridgehead atoms. The number of carbonyl (C=O) groups is 1. The number of morpholine rings is 1. The van der Waals surface area contributed by atoms with Gasteiger partial charge in [0.15, 0.2) is 11.4 Å². The summed E-state index contributed by atoms with van der Waals surface area (Å²) in [6, 6.07) is 3.95. The number of ether oxygens (including phenoxy) is 1. The zero-order valence-corrected chi connectivity index (χ0v) is 15.3. The lowest BCUT2D eigenvalue weighted by molar-refractivity contribution is -0.145. The second-order valence-corrected chi connectivity index (χ2v) is 8.11. The second kappa shape index (κ2) is 5.25. The minimum absolute atomic E-state index is 0.00681. The summed E-state index contributed by atoms with van der Waals surface area (Å²) >= 11 is 0. The van der Waals surface area contributed by atoms with E-state index in [1.165, 1.54) is 0 Å². The van der Waals surface area contributed by atoms with Gasteiger partial charge in [-0.3, -0.25) is 4.79 Å². The number of rotatable bonds is 1. The summed E-state index contributed by atoms with van der Waals surface area (Å²) in [5.74, 6) is 0.0520. The summed E-state index contributed by atoms with van der Waals surface area (Å²) in [5, 5.41) is 18.8. The standard InChI is InChI=1S/C19H21N5O2/c1-17(2)18(3)4-5-19(17,16(25)24-6-8-26-9-7-24)15-14(18)22-12(10-20)13(11-21)23-15/h4-9H2,1-3H3. The van der Waals surface area contributed by atoms with Crippen LogP contribution in [-0.2, 0) is 20.4 Å². The molecule has 1 saturated carbocycles. The molecular weight excluding hydrogens is 330 g/mol. The van der Waals surface area contributed by atoms with Gasteiger partial charge in [0, 0.05) is 18.5 Å². The Morgan fingerprint density at radius 3 is 2.19 bits per heavy atom. The topological polar surface area (TPSA) is 103 Å². The minimum Gasteiger partial charge on any atom is -0.378 e. The Kier molecular flexibility index (Phi) is 3.42. The van der Waals surface area contributed by atoms with Crippen LogP contribution in [0.2, 0.25) is 0 Å². The number of nitrogens with zero attached hydrogens (tertiary/aromatic N) is 5. The quantitative estimate of drug-likeness (QED) is 0.758. The van der Waals surface area contributed by atoms with Gasteiger partial charge in [-0.15, -0.1) is 0 Å². The van der Waals surface area contributed by atoms with Crippen LogP contribution in [0, 0.1) is 28.1 Å². The van der Waals surface area contributed by atoms with Gasteiger partial charge in [0.1, 0.15) is 12.1 Å². The fourth-order valence-electron chi connectivity index (χ4n) is 5.15. The van der Waals surface area contributed by atoms with Crippen molar-refractivity contribution >= 4 is 5.91 Å². The Hall–Kier alpha value is -2.51. The molecule has 0 N–H and O–H groups in total. The highest BCUT2D eigenvalue weighted by atomic mass is 16.5. The molecule has 1 aliphatic heterocycles. The van der Waals surface area contributed by atoms with Crippen molar-refractivity contribution in [3.05, 3.63) is 22.8 Å². The fraction of sp³-hybridized carbons (Fsp3) is 0.632. The first kappa shape index (κ1) is 16.9. The number of nitriles is 2. The molecule has 1 aromatic rings. The maximum absolute atomic E-state index is 13.7. The number of aromatic nitrogens is 2. The maximum Gasteiger partial charge on any atom is 0.235 e. The monoisotopic (exact) mass is 351 g/mol. The van der Waals surface area contributed by atoms with Crippen LogP contribution in [0.5, 0.6) is 0 Å². The molecule has 2 heterocycles. The Balaban J connectivity index is 1.95. The van der Waals surface area contributed by atoms with E-state index in [0.717, 1.165) is 6.42 Å². The zero-order chi connectivity index (χ0) is 18.7. The average Bonchev–Trinajstić information content (AvgIpc) is 2.96. The molecule has 1 saturated heterocycles. The number of hydrogen-bond acceptors (Lipinski definition) is 6. The van der Waals surface area contributed by atoms with E-state index < -0.39 is 10.8 Å². The molecule has 1 amide bonds. The summed E-state index contributed by atoms with van der Waals surface area (Å²) < 4.78 is 5.40. The normalized spacial score (nSPS) is 31.2. The predicted octanol–water partition coefficient (Wildman–Crippen LogP) is 1.41. The lowest BCUT2D eigenvalue weighted by atomic mass is 9.63. The molecule has 0 radical (unpaired) electrons. The lowest BCUT2D eigenvalue weighted by Gasteiger charge is -2.43. The van der Waals surface area contributed by atoms with Crippen molar-refractivity contribution in [2.45, 2.75) is 44.4 Å². The van der Waals surface area contributed by atoms with Gasteiger partial charge >= 0.3 is 0 Å². The molecule has 7 nitrogen and oxygen atoms in total. The Morgan fingerprint density at radius 1 is 1.04 bits per heavy atom. The van der Waals surface area contributed by atoms with Gasteiger partial charge in [-0.1, -0.05) is 20.8 Å². The van der Waals surface area contributed by atoms with E-state index in [9.17, 15) is 15.3 Å². The smallest absolute Gasteiger partial charge is 0.235 e. The molecule has 2 unspecified atom stereocenters. The van der Waals surface area contributed by atoms with Crippen molar-refractivity contribution in [2.24, 2.45) is 5.41 Å². The van der Waals surface area contributed by atoms with Crippen LogP contribution in [0.1, 0.15) is 56.4 Å². The van der Waals surface area contributed by atoms with E-state index in [2.05, 4.69) is 30.7 Å². The van der Waals surface area contributed by atoms with Gasteiger partial charge in [0.2, 0.25) is 5.91 Å².